The number of piperazine rings is 1. The number of aliphatic hydroxyl groups is 1. The Morgan fingerprint density at radius 2 is 2.26 bits per heavy atom. The van der Waals surface area contributed by atoms with Crippen molar-refractivity contribution in [1.82, 2.24) is 15.1 Å². The van der Waals surface area contributed by atoms with E-state index in [4.69, 9.17) is 0 Å². The summed E-state index contributed by atoms with van der Waals surface area (Å²) >= 11 is 1.67. The number of rotatable bonds is 7. The molecule has 0 spiro atoms. The molecule has 1 aliphatic rings. The molecule has 3 atom stereocenters. The molecule has 1 aliphatic heterocycles. The van der Waals surface area contributed by atoms with Gasteiger partial charge in [0.1, 0.15) is 0 Å². The summed E-state index contributed by atoms with van der Waals surface area (Å²) in [4.78, 5) is 18.0. The molecule has 5 nitrogen and oxygen atoms in total. The zero-order chi connectivity index (χ0) is 16.8. The van der Waals surface area contributed by atoms with Gasteiger partial charge in [0, 0.05) is 37.1 Å². The van der Waals surface area contributed by atoms with Crippen LogP contribution >= 0.6 is 11.3 Å². The standard InChI is InChI=1S/C17H29N3O2S/c1-4-15-11-19(7-8-20(15)10-13(2)21)12-17(22)18-14(3)16-6-5-9-23-16/h5-6,9,13-15,21H,4,7-8,10-12H2,1-3H3,(H,18,22)/t13-,14-,15-/m1/s1. The van der Waals surface area contributed by atoms with Gasteiger partial charge in [-0.05, 0) is 31.7 Å². The van der Waals surface area contributed by atoms with Crippen molar-refractivity contribution in [2.45, 2.75) is 45.4 Å². The lowest BCUT2D eigenvalue weighted by molar-refractivity contribution is -0.123. The molecule has 1 fully saturated rings. The zero-order valence-electron chi connectivity index (χ0n) is 14.4. The summed E-state index contributed by atoms with van der Waals surface area (Å²) < 4.78 is 0. The van der Waals surface area contributed by atoms with Crippen molar-refractivity contribution in [3.63, 3.8) is 0 Å². The molecule has 1 saturated heterocycles. The molecule has 2 rings (SSSR count). The van der Waals surface area contributed by atoms with E-state index in [1.807, 2.05) is 25.3 Å². The largest absolute Gasteiger partial charge is 0.392 e. The van der Waals surface area contributed by atoms with Crippen LogP contribution in [0.5, 0.6) is 0 Å². The van der Waals surface area contributed by atoms with Crippen molar-refractivity contribution in [3.05, 3.63) is 22.4 Å². The maximum Gasteiger partial charge on any atom is 0.234 e. The summed E-state index contributed by atoms with van der Waals surface area (Å²) in [5.41, 5.74) is 0. The van der Waals surface area contributed by atoms with Crippen LogP contribution in [0.25, 0.3) is 0 Å². The molecule has 0 bridgehead atoms. The zero-order valence-corrected chi connectivity index (χ0v) is 15.2. The number of nitrogens with zero attached hydrogens (tertiary/aromatic N) is 2. The molecule has 23 heavy (non-hydrogen) atoms. The lowest BCUT2D eigenvalue weighted by atomic mass is 10.1. The first-order valence-electron chi connectivity index (χ1n) is 8.46. The molecule has 0 unspecified atom stereocenters. The number of aliphatic hydroxyl groups excluding tert-OH is 1. The van der Waals surface area contributed by atoms with Crippen LogP contribution in [0.2, 0.25) is 0 Å². The van der Waals surface area contributed by atoms with Gasteiger partial charge in [0.15, 0.2) is 0 Å². The molecule has 1 aromatic rings. The predicted molar refractivity (Wildman–Crippen MR) is 94.6 cm³/mol. The Morgan fingerprint density at radius 1 is 1.48 bits per heavy atom. The molecule has 2 heterocycles. The fourth-order valence-electron chi connectivity index (χ4n) is 3.17. The van der Waals surface area contributed by atoms with E-state index in [0.29, 0.717) is 19.1 Å². The van der Waals surface area contributed by atoms with Crippen molar-refractivity contribution in [2.24, 2.45) is 0 Å². The van der Waals surface area contributed by atoms with Crippen LogP contribution in [-0.4, -0.2) is 65.7 Å². The number of hydrogen-bond acceptors (Lipinski definition) is 5. The van der Waals surface area contributed by atoms with E-state index in [1.54, 1.807) is 11.3 Å². The van der Waals surface area contributed by atoms with Crippen LogP contribution in [0, 0.1) is 0 Å². The normalized spacial score (nSPS) is 22.7. The van der Waals surface area contributed by atoms with Crippen LogP contribution < -0.4 is 5.32 Å². The number of carbonyl (C=O) groups excluding carboxylic acids is 1. The lowest BCUT2D eigenvalue weighted by Gasteiger charge is -2.41. The summed E-state index contributed by atoms with van der Waals surface area (Å²) in [6, 6.07) is 4.55. The summed E-state index contributed by atoms with van der Waals surface area (Å²) in [5.74, 6) is 0.0877. The van der Waals surface area contributed by atoms with E-state index >= 15 is 0 Å². The van der Waals surface area contributed by atoms with E-state index in [-0.39, 0.29) is 18.1 Å². The highest BCUT2D eigenvalue weighted by Crippen LogP contribution is 2.18. The fraction of sp³-hybridized carbons (Fsp3) is 0.706. The average molecular weight is 340 g/mol. The summed E-state index contributed by atoms with van der Waals surface area (Å²) in [7, 11) is 0. The maximum atomic E-state index is 12.3. The lowest BCUT2D eigenvalue weighted by Crippen LogP contribution is -2.56. The van der Waals surface area contributed by atoms with E-state index in [2.05, 4.69) is 28.1 Å². The first-order valence-corrected chi connectivity index (χ1v) is 9.34. The van der Waals surface area contributed by atoms with Gasteiger partial charge in [0.05, 0.1) is 18.7 Å². The molecule has 6 heteroatoms. The highest BCUT2D eigenvalue weighted by atomic mass is 32.1. The Balaban J connectivity index is 1.80. The van der Waals surface area contributed by atoms with Crippen LogP contribution in [0.15, 0.2) is 17.5 Å². The molecule has 2 N–H and O–H groups in total. The average Bonchev–Trinajstić information content (AvgIpc) is 3.02. The van der Waals surface area contributed by atoms with Crippen molar-refractivity contribution in [2.75, 3.05) is 32.7 Å². The van der Waals surface area contributed by atoms with Crippen molar-refractivity contribution >= 4 is 17.2 Å². The minimum absolute atomic E-state index is 0.0704. The van der Waals surface area contributed by atoms with Crippen LogP contribution in [0.3, 0.4) is 0 Å². The summed E-state index contributed by atoms with van der Waals surface area (Å²) in [6.45, 7) is 9.88. The fourth-order valence-corrected chi connectivity index (χ4v) is 3.90. The van der Waals surface area contributed by atoms with Gasteiger partial charge in [-0.25, -0.2) is 0 Å². The molecule has 130 valence electrons. The van der Waals surface area contributed by atoms with Gasteiger partial charge >= 0.3 is 0 Å². The van der Waals surface area contributed by atoms with Crippen LogP contribution in [0.4, 0.5) is 0 Å². The Bertz CT molecular complexity index is 478. The second kappa shape index (κ2) is 8.78. The highest BCUT2D eigenvalue weighted by molar-refractivity contribution is 7.10. The first-order chi connectivity index (χ1) is 11.0. The molecule has 0 saturated carbocycles. The quantitative estimate of drug-likeness (QED) is 0.794. The molecule has 1 aromatic heterocycles. The topological polar surface area (TPSA) is 55.8 Å². The Morgan fingerprint density at radius 3 is 2.87 bits per heavy atom. The third-order valence-electron chi connectivity index (χ3n) is 4.37. The first kappa shape index (κ1) is 18.4. The number of hydrogen-bond donors (Lipinski definition) is 2. The van der Waals surface area contributed by atoms with Gasteiger partial charge in [-0.15, -0.1) is 11.3 Å². The number of thiophene rings is 1. The van der Waals surface area contributed by atoms with Gasteiger partial charge < -0.3 is 10.4 Å². The van der Waals surface area contributed by atoms with Gasteiger partial charge in [0.2, 0.25) is 5.91 Å². The van der Waals surface area contributed by atoms with Crippen molar-refractivity contribution in [3.8, 4) is 0 Å². The monoisotopic (exact) mass is 339 g/mol. The van der Waals surface area contributed by atoms with Crippen LogP contribution in [0.1, 0.15) is 38.1 Å². The number of amides is 1. The van der Waals surface area contributed by atoms with Gasteiger partial charge in [-0.1, -0.05) is 13.0 Å². The molecule has 0 aromatic carbocycles. The SMILES string of the molecule is CC[C@@H]1CN(CC(=O)N[C@H](C)c2cccs2)CCN1C[C@@H](C)O. The van der Waals surface area contributed by atoms with Crippen molar-refractivity contribution < 1.29 is 9.90 Å². The maximum absolute atomic E-state index is 12.3. The minimum atomic E-state index is -0.300. The number of nitrogens with one attached hydrogen (secondary N) is 1. The van der Waals surface area contributed by atoms with Gasteiger partial charge in [-0.3, -0.25) is 14.6 Å². The molecule has 1 amide bonds. The Kier molecular flexibility index (Phi) is 7.02. The van der Waals surface area contributed by atoms with Gasteiger partial charge in [0.25, 0.3) is 0 Å². The smallest absolute Gasteiger partial charge is 0.234 e. The molecule has 0 radical (unpaired) electrons. The van der Waals surface area contributed by atoms with E-state index in [1.165, 1.54) is 4.88 Å². The molecular formula is C17H29N3O2S. The van der Waals surface area contributed by atoms with Crippen molar-refractivity contribution in [1.29, 1.82) is 0 Å². The van der Waals surface area contributed by atoms with Gasteiger partial charge in [-0.2, -0.15) is 0 Å². The predicted octanol–water partition coefficient (Wildman–Crippen LogP) is 1.70. The van der Waals surface area contributed by atoms with E-state index in [9.17, 15) is 9.90 Å². The second-order valence-electron chi connectivity index (χ2n) is 6.45. The highest BCUT2D eigenvalue weighted by Gasteiger charge is 2.27. The van der Waals surface area contributed by atoms with E-state index in [0.717, 1.165) is 26.1 Å². The number of β-amino-alcohol motifs (C(OH)–C–C–N with tert-alkyl or cyclic N) is 1. The summed E-state index contributed by atoms with van der Waals surface area (Å²) in [5, 5.41) is 14.7. The third-order valence-corrected chi connectivity index (χ3v) is 5.43. The molecular weight excluding hydrogens is 310 g/mol. The van der Waals surface area contributed by atoms with Crippen LogP contribution in [-0.2, 0) is 4.79 Å². The Labute approximate surface area is 143 Å². The third kappa shape index (κ3) is 5.57. The minimum Gasteiger partial charge on any atom is -0.392 e. The summed E-state index contributed by atoms with van der Waals surface area (Å²) in [6.07, 6.45) is 0.738. The van der Waals surface area contributed by atoms with E-state index < -0.39 is 0 Å². The second-order valence-corrected chi connectivity index (χ2v) is 7.43. The Hall–Kier alpha value is -0.950. The number of carbonyl (C=O) groups is 1. The molecule has 0 aliphatic carbocycles.